The van der Waals surface area contributed by atoms with Crippen LogP contribution in [0.5, 0.6) is 0 Å². The highest BCUT2D eigenvalue weighted by Gasteiger charge is 2.16. The SMILES string of the molecule is O=c1c2ccccc2c(-c2cccs2)nn1C[C@H](O)c1ccc(Cl)cc1. The molecule has 2 aromatic carbocycles. The summed E-state index contributed by atoms with van der Waals surface area (Å²) >= 11 is 7.46. The van der Waals surface area contributed by atoms with Crippen molar-refractivity contribution in [3.05, 3.63) is 87.0 Å². The zero-order valence-corrected chi connectivity index (χ0v) is 15.2. The Morgan fingerprint density at radius 1 is 1.04 bits per heavy atom. The van der Waals surface area contributed by atoms with Crippen LogP contribution >= 0.6 is 22.9 Å². The molecule has 0 amide bonds. The molecule has 0 bridgehead atoms. The lowest BCUT2D eigenvalue weighted by molar-refractivity contribution is 0.150. The van der Waals surface area contributed by atoms with Gasteiger partial charge >= 0.3 is 0 Å². The van der Waals surface area contributed by atoms with Crippen LogP contribution in [0.2, 0.25) is 5.02 Å². The van der Waals surface area contributed by atoms with E-state index in [-0.39, 0.29) is 12.1 Å². The van der Waals surface area contributed by atoms with Gasteiger partial charge in [-0.2, -0.15) is 5.10 Å². The van der Waals surface area contributed by atoms with E-state index in [1.165, 1.54) is 4.68 Å². The molecular formula is C20H15ClN2O2S. The second-order valence-electron chi connectivity index (χ2n) is 5.93. The van der Waals surface area contributed by atoms with Crippen LogP contribution in [0.1, 0.15) is 11.7 Å². The minimum Gasteiger partial charge on any atom is -0.386 e. The maximum Gasteiger partial charge on any atom is 0.274 e. The summed E-state index contributed by atoms with van der Waals surface area (Å²) in [4.78, 5) is 13.8. The summed E-state index contributed by atoms with van der Waals surface area (Å²) in [5, 5.41) is 19.1. The maximum atomic E-state index is 12.8. The zero-order chi connectivity index (χ0) is 18.1. The maximum absolute atomic E-state index is 12.8. The fraction of sp³-hybridized carbons (Fsp3) is 0.100. The molecule has 1 N–H and O–H groups in total. The van der Waals surface area contributed by atoms with Crippen LogP contribution in [0, 0.1) is 0 Å². The van der Waals surface area contributed by atoms with Crippen LogP contribution in [0.25, 0.3) is 21.3 Å². The predicted octanol–water partition coefficient (Wildman–Crippen LogP) is 4.51. The Hall–Kier alpha value is -2.47. The Balaban J connectivity index is 1.81. The van der Waals surface area contributed by atoms with Crippen LogP contribution in [0.15, 0.2) is 70.8 Å². The molecule has 2 heterocycles. The molecule has 0 saturated heterocycles. The summed E-state index contributed by atoms with van der Waals surface area (Å²) in [6.07, 6.45) is -0.852. The van der Waals surface area contributed by atoms with Gasteiger partial charge in [-0.3, -0.25) is 4.79 Å². The Morgan fingerprint density at radius 3 is 2.46 bits per heavy atom. The van der Waals surface area contributed by atoms with Crippen molar-refractivity contribution in [3.63, 3.8) is 0 Å². The van der Waals surface area contributed by atoms with Gasteiger partial charge in [0.05, 0.1) is 22.9 Å². The Bertz CT molecular complexity index is 1110. The fourth-order valence-electron chi connectivity index (χ4n) is 2.91. The Morgan fingerprint density at radius 2 is 1.77 bits per heavy atom. The number of fused-ring (bicyclic) bond motifs is 1. The van der Waals surface area contributed by atoms with Gasteiger partial charge in [-0.05, 0) is 35.2 Å². The minimum absolute atomic E-state index is 0.0731. The van der Waals surface area contributed by atoms with Crippen LogP contribution in [0.3, 0.4) is 0 Å². The van der Waals surface area contributed by atoms with Gasteiger partial charge in [0.25, 0.3) is 5.56 Å². The predicted molar refractivity (Wildman–Crippen MR) is 106 cm³/mol. The van der Waals surface area contributed by atoms with E-state index in [2.05, 4.69) is 5.10 Å². The number of nitrogens with zero attached hydrogens (tertiary/aromatic N) is 2. The van der Waals surface area contributed by atoms with E-state index in [9.17, 15) is 9.90 Å². The zero-order valence-electron chi connectivity index (χ0n) is 13.7. The number of aromatic nitrogens is 2. The number of aliphatic hydroxyl groups excluding tert-OH is 1. The number of hydrogen-bond acceptors (Lipinski definition) is 4. The molecule has 0 radical (unpaired) electrons. The first kappa shape index (κ1) is 17.0. The standard InChI is InChI=1S/C20H15ClN2O2S/c21-14-9-7-13(8-10-14)17(24)12-23-20(25)16-5-2-1-4-15(16)19(22-23)18-6-3-11-26-18/h1-11,17,24H,12H2/t17-/m0/s1. The molecule has 26 heavy (non-hydrogen) atoms. The molecular weight excluding hydrogens is 368 g/mol. The second kappa shape index (κ2) is 7.03. The lowest BCUT2D eigenvalue weighted by Gasteiger charge is -2.14. The third-order valence-electron chi connectivity index (χ3n) is 4.22. The molecule has 0 fully saturated rings. The molecule has 2 aromatic heterocycles. The number of benzene rings is 2. The van der Waals surface area contributed by atoms with E-state index in [1.54, 1.807) is 41.7 Å². The highest BCUT2D eigenvalue weighted by atomic mass is 35.5. The van der Waals surface area contributed by atoms with E-state index in [4.69, 9.17) is 11.6 Å². The van der Waals surface area contributed by atoms with Crippen molar-refractivity contribution < 1.29 is 5.11 Å². The fourth-order valence-corrected chi connectivity index (χ4v) is 3.76. The molecule has 130 valence electrons. The molecule has 0 unspecified atom stereocenters. The molecule has 4 aromatic rings. The third kappa shape index (κ3) is 3.17. The summed E-state index contributed by atoms with van der Waals surface area (Å²) in [5.41, 5.74) is 1.22. The van der Waals surface area contributed by atoms with Crippen LogP contribution in [-0.2, 0) is 6.54 Å². The topological polar surface area (TPSA) is 55.1 Å². The summed E-state index contributed by atoms with van der Waals surface area (Å²) in [6, 6.07) is 18.3. The van der Waals surface area contributed by atoms with Gasteiger partial charge in [-0.1, -0.05) is 48.0 Å². The molecule has 0 aliphatic carbocycles. The quantitative estimate of drug-likeness (QED) is 0.565. The molecule has 6 heteroatoms. The lowest BCUT2D eigenvalue weighted by atomic mass is 10.1. The number of halogens is 1. The monoisotopic (exact) mass is 382 g/mol. The lowest BCUT2D eigenvalue weighted by Crippen LogP contribution is -2.26. The average Bonchev–Trinajstić information content (AvgIpc) is 3.19. The van der Waals surface area contributed by atoms with Gasteiger partial charge < -0.3 is 5.11 Å². The highest BCUT2D eigenvalue weighted by Crippen LogP contribution is 2.28. The number of thiophene rings is 1. The number of aliphatic hydroxyl groups is 1. The van der Waals surface area contributed by atoms with Crippen molar-refractivity contribution in [2.45, 2.75) is 12.6 Å². The molecule has 4 rings (SSSR count). The minimum atomic E-state index is -0.852. The van der Waals surface area contributed by atoms with Crippen LogP contribution in [0.4, 0.5) is 0 Å². The van der Waals surface area contributed by atoms with Gasteiger partial charge in [0.15, 0.2) is 0 Å². The molecule has 0 saturated carbocycles. The van der Waals surface area contributed by atoms with Crippen molar-refractivity contribution in [2.24, 2.45) is 0 Å². The van der Waals surface area contributed by atoms with Crippen molar-refractivity contribution in [1.29, 1.82) is 0 Å². The number of rotatable bonds is 4. The second-order valence-corrected chi connectivity index (χ2v) is 7.31. The van der Waals surface area contributed by atoms with Gasteiger partial charge in [-0.15, -0.1) is 11.3 Å². The molecule has 0 spiro atoms. The highest BCUT2D eigenvalue weighted by molar-refractivity contribution is 7.13. The largest absolute Gasteiger partial charge is 0.386 e. The molecule has 4 nitrogen and oxygen atoms in total. The van der Waals surface area contributed by atoms with E-state index >= 15 is 0 Å². The van der Waals surface area contributed by atoms with Gasteiger partial charge in [0.2, 0.25) is 0 Å². The summed E-state index contributed by atoms with van der Waals surface area (Å²) in [6.45, 7) is 0.0731. The first-order valence-electron chi connectivity index (χ1n) is 8.11. The van der Waals surface area contributed by atoms with Gasteiger partial charge in [0.1, 0.15) is 5.69 Å². The normalized spacial score (nSPS) is 12.4. The third-order valence-corrected chi connectivity index (χ3v) is 5.35. The summed E-state index contributed by atoms with van der Waals surface area (Å²) < 4.78 is 1.34. The first-order chi connectivity index (χ1) is 12.6. The van der Waals surface area contributed by atoms with Gasteiger partial charge in [0, 0.05) is 10.4 Å². The van der Waals surface area contributed by atoms with Crippen molar-refractivity contribution in [2.75, 3.05) is 0 Å². The van der Waals surface area contributed by atoms with Crippen LogP contribution < -0.4 is 5.56 Å². The van der Waals surface area contributed by atoms with Crippen LogP contribution in [-0.4, -0.2) is 14.9 Å². The Kier molecular flexibility index (Phi) is 4.59. The van der Waals surface area contributed by atoms with Crippen molar-refractivity contribution in [3.8, 4) is 10.6 Å². The number of hydrogen-bond donors (Lipinski definition) is 1. The average molecular weight is 383 g/mol. The first-order valence-corrected chi connectivity index (χ1v) is 9.36. The smallest absolute Gasteiger partial charge is 0.274 e. The molecule has 1 atom stereocenters. The van der Waals surface area contributed by atoms with Crippen molar-refractivity contribution in [1.82, 2.24) is 9.78 Å². The molecule has 0 aliphatic rings. The van der Waals surface area contributed by atoms with E-state index < -0.39 is 6.10 Å². The van der Waals surface area contributed by atoms with E-state index in [1.807, 2.05) is 35.7 Å². The van der Waals surface area contributed by atoms with Crippen molar-refractivity contribution >= 4 is 33.7 Å². The summed E-state index contributed by atoms with van der Waals surface area (Å²) in [7, 11) is 0. The van der Waals surface area contributed by atoms with Gasteiger partial charge in [-0.25, -0.2) is 4.68 Å². The Labute approximate surface area is 158 Å². The summed E-state index contributed by atoms with van der Waals surface area (Å²) in [5.74, 6) is 0. The van der Waals surface area contributed by atoms with E-state index in [0.29, 0.717) is 16.0 Å². The van der Waals surface area contributed by atoms with E-state index in [0.717, 1.165) is 16.0 Å². The molecule has 0 aliphatic heterocycles.